The number of methoxy groups -OCH3 is 2. The normalized spacial score (nSPS) is 20.7. The standard InChI is InChI=1S/C22H28N2O4.2ClH/c1-25-17-11-16(12-18(13-17)26-2)14-27-21-15-28-20-6-4-3-5-19(20)22(21)24-9-7-23-8-10-24;;/h3-6,11-13,21-23H,7-10,14-15H2,1-2H3;2*1H/t21-,22-;;/m0../s1. The van der Waals surface area contributed by atoms with E-state index in [1.807, 2.05) is 30.3 Å². The maximum Gasteiger partial charge on any atom is 0.124 e. The maximum absolute atomic E-state index is 6.39. The molecule has 2 aromatic carbocycles. The zero-order chi connectivity index (χ0) is 19.3. The minimum absolute atomic E-state index is 0. The van der Waals surface area contributed by atoms with E-state index in [1.54, 1.807) is 14.2 Å². The summed E-state index contributed by atoms with van der Waals surface area (Å²) < 4.78 is 23.2. The van der Waals surface area contributed by atoms with Crippen molar-refractivity contribution in [3.05, 3.63) is 53.6 Å². The Bertz CT molecular complexity index is 780. The third-order valence-corrected chi connectivity index (χ3v) is 5.41. The van der Waals surface area contributed by atoms with E-state index in [0.29, 0.717) is 13.2 Å². The predicted molar refractivity (Wildman–Crippen MR) is 122 cm³/mol. The number of benzene rings is 2. The predicted octanol–water partition coefficient (Wildman–Crippen LogP) is 3.47. The average molecular weight is 457 g/mol. The lowest BCUT2D eigenvalue weighted by molar-refractivity contribution is -0.0617. The molecule has 0 radical (unpaired) electrons. The Morgan fingerprint density at radius 2 is 1.67 bits per heavy atom. The molecule has 2 aromatic rings. The highest BCUT2D eigenvalue weighted by Gasteiger charge is 2.36. The molecule has 4 rings (SSSR count). The van der Waals surface area contributed by atoms with Gasteiger partial charge in [0, 0.05) is 37.8 Å². The highest BCUT2D eigenvalue weighted by atomic mass is 35.5. The number of hydrogen-bond acceptors (Lipinski definition) is 6. The van der Waals surface area contributed by atoms with Crippen LogP contribution in [0.5, 0.6) is 17.2 Å². The average Bonchev–Trinajstić information content (AvgIpc) is 2.77. The molecule has 166 valence electrons. The van der Waals surface area contributed by atoms with Gasteiger partial charge >= 0.3 is 0 Å². The van der Waals surface area contributed by atoms with Gasteiger partial charge in [-0.2, -0.15) is 0 Å². The molecule has 0 aromatic heterocycles. The van der Waals surface area contributed by atoms with Crippen molar-refractivity contribution in [2.45, 2.75) is 18.8 Å². The van der Waals surface area contributed by atoms with Crippen LogP contribution in [0.3, 0.4) is 0 Å². The number of ether oxygens (including phenoxy) is 4. The van der Waals surface area contributed by atoms with Gasteiger partial charge in [-0.3, -0.25) is 4.90 Å². The van der Waals surface area contributed by atoms with E-state index in [1.165, 1.54) is 5.56 Å². The van der Waals surface area contributed by atoms with Crippen molar-refractivity contribution in [2.24, 2.45) is 0 Å². The summed E-state index contributed by atoms with van der Waals surface area (Å²) >= 11 is 0. The van der Waals surface area contributed by atoms with E-state index in [0.717, 1.165) is 49.0 Å². The molecular weight excluding hydrogens is 427 g/mol. The van der Waals surface area contributed by atoms with Crippen LogP contribution in [0.1, 0.15) is 17.2 Å². The molecule has 0 unspecified atom stereocenters. The van der Waals surface area contributed by atoms with Crippen LogP contribution in [0.4, 0.5) is 0 Å². The van der Waals surface area contributed by atoms with Gasteiger partial charge in [-0.1, -0.05) is 18.2 Å². The Hall–Kier alpha value is -1.70. The summed E-state index contributed by atoms with van der Waals surface area (Å²) in [5.74, 6) is 2.50. The lowest BCUT2D eigenvalue weighted by atomic mass is 9.95. The van der Waals surface area contributed by atoms with Gasteiger partial charge in [0.1, 0.15) is 30.0 Å². The van der Waals surface area contributed by atoms with Crippen molar-refractivity contribution >= 4 is 24.8 Å². The molecule has 1 N–H and O–H groups in total. The number of hydrogen-bond donors (Lipinski definition) is 1. The van der Waals surface area contributed by atoms with Crippen molar-refractivity contribution in [1.82, 2.24) is 10.2 Å². The van der Waals surface area contributed by atoms with E-state index in [2.05, 4.69) is 22.3 Å². The van der Waals surface area contributed by atoms with E-state index >= 15 is 0 Å². The van der Waals surface area contributed by atoms with Crippen molar-refractivity contribution in [1.29, 1.82) is 0 Å². The van der Waals surface area contributed by atoms with Gasteiger partial charge in [0.15, 0.2) is 0 Å². The number of para-hydroxylation sites is 1. The molecule has 30 heavy (non-hydrogen) atoms. The fourth-order valence-electron chi connectivity index (χ4n) is 4.00. The third-order valence-electron chi connectivity index (χ3n) is 5.41. The Kier molecular flexibility index (Phi) is 9.52. The topological polar surface area (TPSA) is 52.2 Å². The fourth-order valence-corrected chi connectivity index (χ4v) is 4.00. The third kappa shape index (κ3) is 5.50. The Morgan fingerprint density at radius 1 is 1.00 bits per heavy atom. The van der Waals surface area contributed by atoms with Gasteiger partial charge in [0.2, 0.25) is 0 Å². The molecule has 0 amide bonds. The summed E-state index contributed by atoms with van der Waals surface area (Å²) in [7, 11) is 3.32. The van der Waals surface area contributed by atoms with Crippen LogP contribution >= 0.6 is 24.8 Å². The quantitative estimate of drug-likeness (QED) is 0.717. The van der Waals surface area contributed by atoms with E-state index < -0.39 is 0 Å². The first kappa shape index (κ1) is 24.6. The smallest absolute Gasteiger partial charge is 0.124 e. The van der Waals surface area contributed by atoms with Crippen LogP contribution in [0.25, 0.3) is 0 Å². The Balaban J connectivity index is 0.00000160. The Morgan fingerprint density at radius 3 is 2.33 bits per heavy atom. The van der Waals surface area contributed by atoms with Crippen LogP contribution in [0, 0.1) is 0 Å². The van der Waals surface area contributed by atoms with Crippen molar-refractivity contribution in [2.75, 3.05) is 47.0 Å². The van der Waals surface area contributed by atoms with Gasteiger partial charge in [0.05, 0.1) is 26.9 Å². The molecule has 8 heteroatoms. The van der Waals surface area contributed by atoms with E-state index in [-0.39, 0.29) is 37.0 Å². The zero-order valence-corrected chi connectivity index (χ0v) is 19.0. The van der Waals surface area contributed by atoms with E-state index in [9.17, 15) is 0 Å². The summed E-state index contributed by atoms with van der Waals surface area (Å²) in [4.78, 5) is 2.51. The lowest BCUT2D eigenvalue weighted by Crippen LogP contribution is -2.51. The minimum atomic E-state index is -0.0369. The van der Waals surface area contributed by atoms with Crippen molar-refractivity contribution in [3.63, 3.8) is 0 Å². The zero-order valence-electron chi connectivity index (χ0n) is 17.3. The van der Waals surface area contributed by atoms with Crippen LogP contribution < -0.4 is 19.5 Å². The second-order valence-corrected chi connectivity index (χ2v) is 7.15. The first-order valence-electron chi connectivity index (χ1n) is 9.78. The van der Waals surface area contributed by atoms with Gasteiger partial charge in [-0.25, -0.2) is 0 Å². The van der Waals surface area contributed by atoms with Crippen molar-refractivity contribution < 1.29 is 18.9 Å². The number of piperazine rings is 1. The summed E-state index contributed by atoms with van der Waals surface area (Å²) in [6, 6.07) is 14.3. The molecule has 0 spiro atoms. The van der Waals surface area contributed by atoms with E-state index in [4.69, 9.17) is 18.9 Å². The molecule has 1 fully saturated rings. The molecular formula is C22H30Cl2N2O4. The van der Waals surface area contributed by atoms with Crippen molar-refractivity contribution in [3.8, 4) is 17.2 Å². The lowest BCUT2D eigenvalue weighted by Gasteiger charge is -2.42. The largest absolute Gasteiger partial charge is 0.497 e. The van der Waals surface area contributed by atoms with Gasteiger partial charge in [-0.05, 0) is 23.8 Å². The van der Waals surface area contributed by atoms with Crippen LogP contribution in [-0.2, 0) is 11.3 Å². The maximum atomic E-state index is 6.39. The number of nitrogens with zero attached hydrogens (tertiary/aromatic N) is 1. The van der Waals surface area contributed by atoms with Gasteiger partial charge in [0.25, 0.3) is 0 Å². The number of fused-ring (bicyclic) bond motifs is 1. The highest BCUT2D eigenvalue weighted by Crippen LogP contribution is 2.38. The molecule has 2 atom stereocenters. The second kappa shape index (κ2) is 11.6. The van der Waals surface area contributed by atoms with Gasteiger partial charge < -0.3 is 24.3 Å². The molecule has 1 saturated heterocycles. The molecule has 0 aliphatic carbocycles. The first-order valence-corrected chi connectivity index (χ1v) is 9.78. The summed E-state index contributed by atoms with van der Waals surface area (Å²) in [5, 5.41) is 3.43. The second-order valence-electron chi connectivity index (χ2n) is 7.15. The molecule has 0 saturated carbocycles. The minimum Gasteiger partial charge on any atom is -0.497 e. The number of nitrogens with one attached hydrogen (secondary N) is 1. The molecule has 6 nitrogen and oxygen atoms in total. The van der Waals surface area contributed by atoms with Crippen LogP contribution in [-0.4, -0.2) is 58.0 Å². The summed E-state index contributed by atoms with van der Waals surface area (Å²) in [5.41, 5.74) is 2.23. The monoisotopic (exact) mass is 456 g/mol. The number of halogens is 2. The first-order chi connectivity index (χ1) is 13.8. The SMILES string of the molecule is COc1cc(CO[C@H]2COc3ccccc3[C@@H]2N2CCNCC2)cc(OC)c1.Cl.Cl. The van der Waals surface area contributed by atoms with Gasteiger partial charge in [-0.15, -0.1) is 24.8 Å². The fraction of sp³-hybridized carbons (Fsp3) is 0.455. The van der Waals surface area contributed by atoms with Crippen LogP contribution in [0.15, 0.2) is 42.5 Å². The molecule has 2 aliphatic heterocycles. The summed E-state index contributed by atoms with van der Waals surface area (Å²) in [6.07, 6.45) is -0.0369. The Labute approximate surface area is 190 Å². The molecule has 2 aliphatic rings. The van der Waals surface area contributed by atoms with Crippen LogP contribution in [0.2, 0.25) is 0 Å². The highest BCUT2D eigenvalue weighted by molar-refractivity contribution is 5.85. The molecule has 2 heterocycles. The summed E-state index contributed by atoms with van der Waals surface area (Å²) in [6.45, 7) is 5.04. The molecule has 0 bridgehead atoms. The number of rotatable bonds is 6.